The van der Waals surface area contributed by atoms with Crippen molar-refractivity contribution in [2.45, 2.75) is 39.4 Å². The standard InChI is InChI=1S/C12H18N4O/c1-3-6-16-12(14-9-15-16)8-13-10(2)11-5-4-7-17-11/h4-5,7,9-10,13H,3,6,8H2,1-2H3/t10-/m0/s1. The lowest BCUT2D eigenvalue weighted by Gasteiger charge is -2.11. The van der Waals surface area contributed by atoms with Gasteiger partial charge in [-0.2, -0.15) is 5.10 Å². The van der Waals surface area contributed by atoms with E-state index in [1.807, 2.05) is 16.8 Å². The van der Waals surface area contributed by atoms with E-state index in [1.165, 1.54) is 0 Å². The van der Waals surface area contributed by atoms with Gasteiger partial charge in [0.2, 0.25) is 0 Å². The summed E-state index contributed by atoms with van der Waals surface area (Å²) < 4.78 is 7.27. The van der Waals surface area contributed by atoms with E-state index in [1.54, 1.807) is 12.6 Å². The van der Waals surface area contributed by atoms with Crippen LogP contribution >= 0.6 is 0 Å². The minimum Gasteiger partial charge on any atom is -0.468 e. The predicted molar refractivity (Wildman–Crippen MR) is 64.3 cm³/mol. The zero-order chi connectivity index (χ0) is 12.1. The van der Waals surface area contributed by atoms with Crippen molar-refractivity contribution in [3.05, 3.63) is 36.3 Å². The van der Waals surface area contributed by atoms with Crippen molar-refractivity contribution < 1.29 is 4.42 Å². The van der Waals surface area contributed by atoms with Crippen LogP contribution in [0.4, 0.5) is 0 Å². The predicted octanol–water partition coefficient (Wildman–Crippen LogP) is 2.13. The molecule has 2 aromatic heterocycles. The molecule has 0 bridgehead atoms. The Morgan fingerprint density at radius 1 is 1.53 bits per heavy atom. The molecular weight excluding hydrogens is 216 g/mol. The zero-order valence-electron chi connectivity index (χ0n) is 10.3. The smallest absolute Gasteiger partial charge is 0.140 e. The fourth-order valence-electron chi connectivity index (χ4n) is 1.71. The van der Waals surface area contributed by atoms with Crippen LogP contribution in [0.2, 0.25) is 0 Å². The number of aryl methyl sites for hydroxylation is 1. The average Bonchev–Trinajstić information content (AvgIpc) is 2.97. The second kappa shape index (κ2) is 5.63. The summed E-state index contributed by atoms with van der Waals surface area (Å²) in [5.41, 5.74) is 0. The molecule has 1 N–H and O–H groups in total. The highest BCUT2D eigenvalue weighted by atomic mass is 16.3. The summed E-state index contributed by atoms with van der Waals surface area (Å²) in [5, 5.41) is 7.56. The average molecular weight is 234 g/mol. The van der Waals surface area contributed by atoms with Gasteiger partial charge in [0.1, 0.15) is 17.9 Å². The summed E-state index contributed by atoms with van der Waals surface area (Å²) in [4.78, 5) is 4.25. The van der Waals surface area contributed by atoms with Gasteiger partial charge in [0, 0.05) is 6.54 Å². The number of hydrogen-bond acceptors (Lipinski definition) is 4. The van der Waals surface area contributed by atoms with Crippen LogP contribution in [0.5, 0.6) is 0 Å². The summed E-state index contributed by atoms with van der Waals surface area (Å²) in [6.45, 7) is 5.80. The minimum absolute atomic E-state index is 0.178. The molecule has 2 rings (SSSR count). The van der Waals surface area contributed by atoms with Crippen molar-refractivity contribution in [1.29, 1.82) is 0 Å². The van der Waals surface area contributed by atoms with Crippen LogP contribution < -0.4 is 5.32 Å². The molecule has 0 aliphatic rings. The van der Waals surface area contributed by atoms with Crippen molar-refractivity contribution in [2.24, 2.45) is 0 Å². The molecule has 92 valence electrons. The molecule has 0 aromatic carbocycles. The molecule has 5 heteroatoms. The number of rotatable bonds is 6. The minimum atomic E-state index is 0.178. The number of furan rings is 1. The molecule has 1 atom stereocenters. The highest BCUT2D eigenvalue weighted by Crippen LogP contribution is 2.12. The van der Waals surface area contributed by atoms with E-state index in [9.17, 15) is 0 Å². The Labute approximate surface area is 101 Å². The molecule has 0 amide bonds. The van der Waals surface area contributed by atoms with Crippen LogP contribution in [0, 0.1) is 0 Å². The lowest BCUT2D eigenvalue weighted by molar-refractivity contribution is 0.420. The first-order valence-electron chi connectivity index (χ1n) is 5.94. The molecule has 0 aliphatic carbocycles. The molecule has 0 saturated heterocycles. The third kappa shape index (κ3) is 2.94. The van der Waals surface area contributed by atoms with E-state index < -0.39 is 0 Å². The van der Waals surface area contributed by atoms with Gasteiger partial charge in [0.15, 0.2) is 0 Å². The molecular formula is C12H18N4O. The second-order valence-corrected chi connectivity index (χ2v) is 4.02. The van der Waals surface area contributed by atoms with Crippen molar-refractivity contribution >= 4 is 0 Å². The zero-order valence-corrected chi connectivity index (χ0v) is 10.3. The molecule has 0 saturated carbocycles. The van der Waals surface area contributed by atoms with Crippen molar-refractivity contribution in [3.63, 3.8) is 0 Å². The Balaban J connectivity index is 1.91. The Bertz CT molecular complexity index is 435. The van der Waals surface area contributed by atoms with Crippen LogP contribution in [0.15, 0.2) is 29.1 Å². The van der Waals surface area contributed by atoms with Gasteiger partial charge in [-0.15, -0.1) is 0 Å². The van der Waals surface area contributed by atoms with E-state index >= 15 is 0 Å². The Kier molecular flexibility index (Phi) is 3.93. The largest absolute Gasteiger partial charge is 0.468 e. The monoisotopic (exact) mass is 234 g/mol. The molecule has 0 spiro atoms. The normalized spacial score (nSPS) is 12.8. The third-order valence-corrected chi connectivity index (χ3v) is 2.67. The number of hydrogen-bond donors (Lipinski definition) is 1. The quantitative estimate of drug-likeness (QED) is 0.832. The van der Waals surface area contributed by atoms with Crippen molar-refractivity contribution in [3.8, 4) is 0 Å². The van der Waals surface area contributed by atoms with Gasteiger partial charge in [-0.3, -0.25) is 0 Å². The maximum absolute atomic E-state index is 5.34. The highest BCUT2D eigenvalue weighted by Gasteiger charge is 2.09. The molecule has 0 unspecified atom stereocenters. The molecule has 17 heavy (non-hydrogen) atoms. The van der Waals surface area contributed by atoms with Gasteiger partial charge in [-0.05, 0) is 25.5 Å². The first kappa shape index (κ1) is 11.9. The summed E-state index contributed by atoms with van der Waals surface area (Å²) in [6.07, 6.45) is 4.35. The van der Waals surface area contributed by atoms with Crippen LogP contribution in [0.25, 0.3) is 0 Å². The van der Waals surface area contributed by atoms with E-state index in [4.69, 9.17) is 4.42 Å². The van der Waals surface area contributed by atoms with Gasteiger partial charge in [-0.1, -0.05) is 6.92 Å². The van der Waals surface area contributed by atoms with Gasteiger partial charge < -0.3 is 9.73 Å². The molecule has 5 nitrogen and oxygen atoms in total. The molecule has 2 heterocycles. The van der Waals surface area contributed by atoms with Crippen molar-refractivity contribution in [1.82, 2.24) is 20.1 Å². The fourth-order valence-corrected chi connectivity index (χ4v) is 1.71. The van der Waals surface area contributed by atoms with Crippen LogP contribution in [0.3, 0.4) is 0 Å². The Hall–Kier alpha value is -1.62. The third-order valence-electron chi connectivity index (χ3n) is 2.67. The Morgan fingerprint density at radius 3 is 3.12 bits per heavy atom. The van der Waals surface area contributed by atoms with E-state index in [0.717, 1.165) is 24.6 Å². The summed E-state index contributed by atoms with van der Waals surface area (Å²) in [5.74, 6) is 1.90. The van der Waals surface area contributed by atoms with Crippen LogP contribution in [0.1, 0.15) is 37.9 Å². The lowest BCUT2D eigenvalue weighted by Crippen LogP contribution is -2.20. The first-order chi connectivity index (χ1) is 8.31. The van der Waals surface area contributed by atoms with Gasteiger partial charge >= 0.3 is 0 Å². The van der Waals surface area contributed by atoms with E-state index in [0.29, 0.717) is 6.54 Å². The highest BCUT2D eigenvalue weighted by molar-refractivity contribution is 5.03. The van der Waals surface area contributed by atoms with Crippen molar-refractivity contribution in [2.75, 3.05) is 0 Å². The lowest BCUT2D eigenvalue weighted by atomic mass is 10.2. The van der Waals surface area contributed by atoms with Crippen LogP contribution in [-0.2, 0) is 13.1 Å². The number of aromatic nitrogens is 3. The first-order valence-corrected chi connectivity index (χ1v) is 5.94. The van der Waals surface area contributed by atoms with Gasteiger partial charge in [0.25, 0.3) is 0 Å². The molecule has 0 aliphatic heterocycles. The topological polar surface area (TPSA) is 55.9 Å². The number of nitrogens with zero attached hydrogens (tertiary/aromatic N) is 3. The summed E-state index contributed by atoms with van der Waals surface area (Å²) >= 11 is 0. The van der Waals surface area contributed by atoms with Crippen LogP contribution in [-0.4, -0.2) is 14.8 Å². The second-order valence-electron chi connectivity index (χ2n) is 4.02. The fraction of sp³-hybridized carbons (Fsp3) is 0.500. The maximum Gasteiger partial charge on any atom is 0.140 e. The van der Waals surface area contributed by atoms with Gasteiger partial charge in [0.05, 0.1) is 18.8 Å². The molecule has 2 aromatic rings. The van der Waals surface area contributed by atoms with E-state index in [-0.39, 0.29) is 6.04 Å². The van der Waals surface area contributed by atoms with Gasteiger partial charge in [-0.25, -0.2) is 9.67 Å². The SMILES string of the molecule is CCCn1ncnc1CN[C@@H](C)c1ccco1. The van der Waals surface area contributed by atoms with E-state index in [2.05, 4.69) is 29.2 Å². The molecule has 0 radical (unpaired) electrons. The summed E-state index contributed by atoms with van der Waals surface area (Å²) in [6, 6.07) is 4.04. The Morgan fingerprint density at radius 2 is 2.41 bits per heavy atom. The maximum atomic E-state index is 5.34. The summed E-state index contributed by atoms with van der Waals surface area (Å²) in [7, 11) is 0. The number of nitrogens with one attached hydrogen (secondary N) is 1. The molecule has 0 fully saturated rings.